The van der Waals surface area contributed by atoms with Crippen LogP contribution in [0.5, 0.6) is 0 Å². The maximum Gasteiger partial charge on any atom is 0.0773 e. The molecule has 0 bridgehead atoms. The van der Waals surface area contributed by atoms with Gasteiger partial charge in [-0.3, -0.25) is 0 Å². The first-order valence-electron chi connectivity index (χ1n) is 5.62. The first kappa shape index (κ1) is 12.2. The summed E-state index contributed by atoms with van der Waals surface area (Å²) in [4.78, 5) is 0. The summed E-state index contributed by atoms with van der Waals surface area (Å²) in [5.74, 6) is 0. The standard InChI is InChI=1S/C13H20O2/c1-2-3-9-13(14)11-15-10-12-7-5-4-6-8-12/h4-8,13-14H,2-3,9-11H2,1H3/t13-/m0/s1. The maximum absolute atomic E-state index is 9.53. The molecule has 0 spiro atoms. The molecule has 0 aliphatic rings. The summed E-state index contributed by atoms with van der Waals surface area (Å²) >= 11 is 0. The number of benzene rings is 1. The number of unbranched alkanes of at least 4 members (excludes halogenated alkanes) is 1. The number of aliphatic hydroxyl groups is 1. The van der Waals surface area contributed by atoms with Crippen LogP contribution in [0.4, 0.5) is 0 Å². The Balaban J connectivity index is 2.11. The van der Waals surface area contributed by atoms with Crippen molar-refractivity contribution in [3.63, 3.8) is 0 Å². The van der Waals surface area contributed by atoms with E-state index in [1.807, 2.05) is 30.3 Å². The molecule has 0 saturated carbocycles. The molecular formula is C13H20O2. The van der Waals surface area contributed by atoms with E-state index in [9.17, 15) is 5.11 Å². The summed E-state index contributed by atoms with van der Waals surface area (Å²) in [7, 11) is 0. The minimum absolute atomic E-state index is 0.311. The molecule has 0 fully saturated rings. The molecule has 0 amide bonds. The predicted octanol–water partition coefficient (Wildman–Crippen LogP) is 2.75. The van der Waals surface area contributed by atoms with Gasteiger partial charge in [-0.15, -0.1) is 0 Å². The van der Waals surface area contributed by atoms with Gasteiger partial charge in [-0.25, -0.2) is 0 Å². The average molecular weight is 208 g/mol. The van der Waals surface area contributed by atoms with E-state index in [1.165, 1.54) is 0 Å². The van der Waals surface area contributed by atoms with Crippen LogP contribution in [0.3, 0.4) is 0 Å². The summed E-state index contributed by atoms with van der Waals surface area (Å²) in [6.45, 7) is 3.15. The minimum atomic E-state index is -0.311. The second-order valence-corrected chi connectivity index (χ2v) is 3.80. The van der Waals surface area contributed by atoms with Crippen LogP contribution < -0.4 is 0 Å². The zero-order valence-corrected chi connectivity index (χ0v) is 9.36. The lowest BCUT2D eigenvalue weighted by atomic mass is 10.2. The zero-order valence-electron chi connectivity index (χ0n) is 9.36. The highest BCUT2D eigenvalue weighted by molar-refractivity contribution is 5.13. The number of ether oxygens (including phenoxy) is 1. The first-order chi connectivity index (χ1) is 7.33. The van der Waals surface area contributed by atoms with Crippen molar-refractivity contribution in [1.82, 2.24) is 0 Å². The van der Waals surface area contributed by atoms with Crippen LogP contribution in [0.2, 0.25) is 0 Å². The molecule has 0 unspecified atom stereocenters. The Hall–Kier alpha value is -0.860. The highest BCUT2D eigenvalue weighted by Gasteiger charge is 2.02. The van der Waals surface area contributed by atoms with E-state index < -0.39 is 0 Å². The molecule has 84 valence electrons. The lowest BCUT2D eigenvalue weighted by molar-refractivity contribution is 0.0236. The molecule has 1 aromatic carbocycles. The second kappa shape index (κ2) is 7.43. The van der Waals surface area contributed by atoms with E-state index in [4.69, 9.17) is 4.74 Å². The van der Waals surface area contributed by atoms with Gasteiger partial charge in [0.2, 0.25) is 0 Å². The van der Waals surface area contributed by atoms with Crippen LogP contribution in [0.25, 0.3) is 0 Å². The Morgan fingerprint density at radius 2 is 2.00 bits per heavy atom. The van der Waals surface area contributed by atoms with Gasteiger partial charge in [-0.05, 0) is 12.0 Å². The predicted molar refractivity (Wildman–Crippen MR) is 61.6 cm³/mol. The Morgan fingerprint density at radius 1 is 1.27 bits per heavy atom. The Morgan fingerprint density at radius 3 is 2.67 bits per heavy atom. The van der Waals surface area contributed by atoms with E-state index in [0.717, 1.165) is 24.8 Å². The average Bonchev–Trinajstić information content (AvgIpc) is 2.28. The third-order valence-corrected chi connectivity index (χ3v) is 2.31. The number of hydrogen-bond acceptors (Lipinski definition) is 2. The third kappa shape index (κ3) is 5.55. The lowest BCUT2D eigenvalue weighted by Crippen LogP contribution is -2.14. The van der Waals surface area contributed by atoms with Gasteiger partial charge < -0.3 is 9.84 Å². The smallest absolute Gasteiger partial charge is 0.0773 e. The highest BCUT2D eigenvalue weighted by atomic mass is 16.5. The molecule has 0 aromatic heterocycles. The molecule has 0 radical (unpaired) electrons. The van der Waals surface area contributed by atoms with Crippen molar-refractivity contribution < 1.29 is 9.84 Å². The SMILES string of the molecule is CCCC[C@H](O)COCc1ccccc1. The molecular weight excluding hydrogens is 188 g/mol. The van der Waals surface area contributed by atoms with Crippen molar-refractivity contribution in [2.45, 2.75) is 38.9 Å². The fraction of sp³-hybridized carbons (Fsp3) is 0.538. The summed E-state index contributed by atoms with van der Waals surface area (Å²) in [6, 6.07) is 10.0. The largest absolute Gasteiger partial charge is 0.391 e. The summed E-state index contributed by atoms with van der Waals surface area (Å²) < 4.78 is 5.43. The summed E-state index contributed by atoms with van der Waals surface area (Å²) in [5, 5.41) is 9.53. The highest BCUT2D eigenvalue weighted by Crippen LogP contribution is 2.04. The van der Waals surface area contributed by atoms with Gasteiger partial charge in [0.25, 0.3) is 0 Å². The molecule has 0 aliphatic heterocycles. The monoisotopic (exact) mass is 208 g/mol. The van der Waals surface area contributed by atoms with Gasteiger partial charge in [0, 0.05) is 0 Å². The number of aliphatic hydroxyl groups excluding tert-OH is 1. The fourth-order valence-electron chi connectivity index (χ4n) is 1.41. The lowest BCUT2D eigenvalue weighted by Gasteiger charge is -2.10. The maximum atomic E-state index is 9.53. The fourth-order valence-corrected chi connectivity index (χ4v) is 1.41. The Kier molecular flexibility index (Phi) is 6.05. The normalized spacial score (nSPS) is 12.7. The van der Waals surface area contributed by atoms with E-state index in [0.29, 0.717) is 13.2 Å². The van der Waals surface area contributed by atoms with Crippen LogP contribution >= 0.6 is 0 Å². The van der Waals surface area contributed by atoms with E-state index in [1.54, 1.807) is 0 Å². The van der Waals surface area contributed by atoms with Crippen LogP contribution in [-0.2, 0) is 11.3 Å². The van der Waals surface area contributed by atoms with Gasteiger partial charge in [0.1, 0.15) is 0 Å². The van der Waals surface area contributed by atoms with Gasteiger partial charge >= 0.3 is 0 Å². The molecule has 0 heterocycles. The van der Waals surface area contributed by atoms with E-state index in [2.05, 4.69) is 6.92 Å². The van der Waals surface area contributed by atoms with Crippen LogP contribution in [0.1, 0.15) is 31.7 Å². The van der Waals surface area contributed by atoms with Crippen LogP contribution in [-0.4, -0.2) is 17.8 Å². The van der Waals surface area contributed by atoms with Crippen molar-refractivity contribution in [2.24, 2.45) is 0 Å². The molecule has 0 aliphatic carbocycles. The Bertz CT molecular complexity index is 246. The quantitative estimate of drug-likeness (QED) is 0.746. The molecule has 1 atom stereocenters. The molecule has 0 saturated heterocycles. The van der Waals surface area contributed by atoms with Gasteiger partial charge in [0.15, 0.2) is 0 Å². The molecule has 15 heavy (non-hydrogen) atoms. The zero-order chi connectivity index (χ0) is 10.9. The van der Waals surface area contributed by atoms with Crippen molar-refractivity contribution in [3.05, 3.63) is 35.9 Å². The van der Waals surface area contributed by atoms with Crippen molar-refractivity contribution in [2.75, 3.05) is 6.61 Å². The van der Waals surface area contributed by atoms with Crippen molar-refractivity contribution in [3.8, 4) is 0 Å². The first-order valence-corrected chi connectivity index (χ1v) is 5.62. The molecule has 1 aromatic rings. The van der Waals surface area contributed by atoms with Gasteiger partial charge in [0.05, 0.1) is 19.3 Å². The molecule has 1 rings (SSSR count). The summed E-state index contributed by atoms with van der Waals surface area (Å²) in [6.07, 6.45) is 2.71. The van der Waals surface area contributed by atoms with Crippen LogP contribution in [0.15, 0.2) is 30.3 Å². The topological polar surface area (TPSA) is 29.5 Å². The molecule has 2 nitrogen and oxygen atoms in total. The van der Waals surface area contributed by atoms with Crippen molar-refractivity contribution in [1.29, 1.82) is 0 Å². The third-order valence-electron chi connectivity index (χ3n) is 2.31. The minimum Gasteiger partial charge on any atom is -0.391 e. The number of hydrogen-bond donors (Lipinski definition) is 1. The molecule has 2 heteroatoms. The number of rotatable bonds is 7. The molecule has 1 N–H and O–H groups in total. The second-order valence-electron chi connectivity index (χ2n) is 3.80. The van der Waals surface area contributed by atoms with Gasteiger partial charge in [-0.2, -0.15) is 0 Å². The van der Waals surface area contributed by atoms with E-state index >= 15 is 0 Å². The summed E-state index contributed by atoms with van der Waals surface area (Å²) in [5.41, 5.74) is 1.15. The van der Waals surface area contributed by atoms with Crippen LogP contribution in [0, 0.1) is 0 Å². The Labute approximate surface area is 91.9 Å². The van der Waals surface area contributed by atoms with Gasteiger partial charge in [-0.1, -0.05) is 50.1 Å². The van der Waals surface area contributed by atoms with E-state index in [-0.39, 0.29) is 6.10 Å². The van der Waals surface area contributed by atoms with Crippen molar-refractivity contribution >= 4 is 0 Å².